The van der Waals surface area contributed by atoms with E-state index in [9.17, 15) is 0 Å². The van der Waals surface area contributed by atoms with Gasteiger partial charge in [-0.25, -0.2) is 0 Å². The normalized spacial score (nSPS) is 8.45. The van der Waals surface area contributed by atoms with Crippen molar-refractivity contribution in [1.82, 2.24) is 0 Å². The van der Waals surface area contributed by atoms with Crippen LogP contribution in [0.1, 0.15) is 11.1 Å². The van der Waals surface area contributed by atoms with Crippen LogP contribution in [0.3, 0.4) is 0 Å². The second-order valence-electron chi connectivity index (χ2n) is 2.12. The molecule has 60 valence electrons. The van der Waals surface area contributed by atoms with E-state index < -0.39 is 0 Å². The number of aryl methyl sites for hydroxylation is 1. The van der Waals surface area contributed by atoms with Crippen LogP contribution in [0.4, 0.5) is 0 Å². The van der Waals surface area contributed by atoms with Gasteiger partial charge in [-0.15, -0.1) is 12.4 Å². The smallest absolute Gasteiger partial charge is 0.147 e. The number of benzene rings is 1. The Labute approximate surface area is 80.2 Å². The molecule has 3 heteroatoms. The molecule has 0 bridgehead atoms. The van der Waals surface area contributed by atoms with Crippen LogP contribution in [-0.4, -0.2) is 25.3 Å². The average molecular weight is 236 g/mol. The van der Waals surface area contributed by atoms with Crippen molar-refractivity contribution in [3.8, 4) is 0 Å². The summed E-state index contributed by atoms with van der Waals surface area (Å²) in [6.45, 7) is 1.96. The minimum absolute atomic E-state index is 0. The Kier molecular flexibility index (Phi) is 4.43. The summed E-state index contributed by atoms with van der Waals surface area (Å²) in [7, 11) is 0. The van der Waals surface area contributed by atoms with E-state index in [0.717, 1.165) is 11.1 Å². The Hall–Kier alpha value is -0.301. The summed E-state index contributed by atoms with van der Waals surface area (Å²) in [5.74, 6) is 0. The Morgan fingerprint density at radius 1 is 1.36 bits per heavy atom. The molecule has 1 rings (SSSR count). The van der Waals surface area contributed by atoms with Crippen LogP contribution < -0.4 is 0 Å². The first kappa shape index (κ1) is 10.7. The molecule has 11 heavy (non-hydrogen) atoms. The topological polar surface area (TPSA) is 20.2 Å². The summed E-state index contributed by atoms with van der Waals surface area (Å²) < 4.78 is 0.262. The predicted molar refractivity (Wildman–Crippen MR) is 50.2 cm³/mol. The first-order chi connectivity index (χ1) is 4.72. The molecule has 0 unspecified atom stereocenters. The van der Waals surface area contributed by atoms with Gasteiger partial charge in [-0.2, -0.15) is 0 Å². The third-order valence-electron chi connectivity index (χ3n) is 1.38. The fourth-order valence-electron chi connectivity index (χ4n) is 0.813. The quantitative estimate of drug-likeness (QED) is 0.731. The second-order valence-corrected chi connectivity index (χ2v) is 2.93. The molecule has 0 saturated heterocycles. The van der Waals surface area contributed by atoms with Gasteiger partial charge in [0.15, 0.2) is 0 Å². The van der Waals surface area contributed by atoms with Gasteiger partial charge in [-0.05, 0) is 0 Å². The van der Waals surface area contributed by atoms with Gasteiger partial charge in [0.1, 0.15) is 0 Å². The van der Waals surface area contributed by atoms with Crippen LogP contribution in [0.15, 0.2) is 24.3 Å². The molecular formula is C8H9ClOSe. The van der Waals surface area contributed by atoms with Gasteiger partial charge in [0.25, 0.3) is 0 Å². The van der Waals surface area contributed by atoms with Gasteiger partial charge in [-0.1, -0.05) is 0 Å². The van der Waals surface area contributed by atoms with Crippen molar-refractivity contribution in [2.24, 2.45) is 0 Å². The maximum Gasteiger partial charge on any atom is -0.147 e. The Balaban J connectivity index is 0.000001000. The van der Waals surface area contributed by atoms with Crippen LogP contribution >= 0.6 is 12.4 Å². The van der Waals surface area contributed by atoms with E-state index in [0.29, 0.717) is 0 Å². The third-order valence-corrected chi connectivity index (χ3v) is 1.84. The summed E-state index contributed by atoms with van der Waals surface area (Å²) >= 11 is 2.57. The molecule has 0 fully saturated rings. The molecule has 0 aliphatic heterocycles. The molecule has 0 heterocycles. The zero-order chi connectivity index (χ0) is 7.56. The molecular weight excluding hydrogens is 226 g/mol. The van der Waals surface area contributed by atoms with E-state index >= 15 is 0 Å². The van der Waals surface area contributed by atoms with E-state index in [4.69, 9.17) is 5.11 Å². The number of hydrogen-bond acceptors (Lipinski definition) is 1. The van der Waals surface area contributed by atoms with Gasteiger partial charge in [0.05, 0.1) is 0 Å². The first-order valence-corrected chi connectivity index (χ1v) is 3.86. The van der Waals surface area contributed by atoms with E-state index in [1.807, 2.05) is 31.2 Å². The van der Waals surface area contributed by atoms with E-state index in [-0.39, 0.29) is 17.0 Å². The van der Waals surface area contributed by atoms with Crippen molar-refractivity contribution in [3.05, 3.63) is 35.4 Å². The fraction of sp³-hybridized carbons (Fsp3) is 0.125. The van der Waals surface area contributed by atoms with Crippen LogP contribution in [0.2, 0.25) is 0 Å². The predicted octanol–water partition coefficient (Wildman–Crippen LogP) is 1.44. The maximum absolute atomic E-state index is 9.07. The largest absolute Gasteiger partial charge is 0.147 e. The molecule has 0 spiro atoms. The second kappa shape index (κ2) is 4.55. The summed E-state index contributed by atoms with van der Waals surface area (Å²) in [5, 5.41) is 9.07. The number of aliphatic hydroxyl groups is 1. The summed E-state index contributed by atoms with van der Waals surface area (Å²) in [6.07, 6.45) is 0. The molecule has 0 amide bonds. The number of hydrogen-bond donors (Lipinski definition) is 1. The Morgan fingerprint density at radius 3 is 2.27 bits per heavy atom. The SMILES string of the molecule is Cc1ccccc1C(O)=[Se].Cl. The van der Waals surface area contributed by atoms with Gasteiger partial charge in [0.2, 0.25) is 0 Å². The summed E-state index contributed by atoms with van der Waals surface area (Å²) in [4.78, 5) is 0. The number of rotatable bonds is 1. The van der Waals surface area contributed by atoms with E-state index in [1.165, 1.54) is 0 Å². The zero-order valence-electron chi connectivity index (χ0n) is 6.07. The molecule has 0 aromatic heterocycles. The van der Waals surface area contributed by atoms with Gasteiger partial charge < -0.3 is 0 Å². The number of halogens is 1. The Bertz CT molecular complexity index is 260. The molecule has 0 saturated carbocycles. The van der Waals surface area contributed by atoms with Crippen molar-refractivity contribution in [1.29, 1.82) is 0 Å². The summed E-state index contributed by atoms with van der Waals surface area (Å²) in [6, 6.07) is 7.68. The van der Waals surface area contributed by atoms with Crippen molar-refractivity contribution in [2.75, 3.05) is 0 Å². The van der Waals surface area contributed by atoms with E-state index in [1.54, 1.807) is 0 Å². The maximum atomic E-state index is 9.07. The van der Waals surface area contributed by atoms with Crippen LogP contribution in [0, 0.1) is 6.92 Å². The minimum Gasteiger partial charge on any atom is -0.147 e. The fourth-order valence-corrected chi connectivity index (χ4v) is 1.29. The molecule has 1 N–H and O–H groups in total. The zero-order valence-corrected chi connectivity index (χ0v) is 8.60. The third kappa shape index (κ3) is 2.66. The van der Waals surface area contributed by atoms with Gasteiger partial charge in [0, 0.05) is 0 Å². The van der Waals surface area contributed by atoms with Crippen LogP contribution in [0.5, 0.6) is 0 Å². The van der Waals surface area contributed by atoms with Gasteiger partial charge >= 0.3 is 67.6 Å². The monoisotopic (exact) mass is 236 g/mol. The van der Waals surface area contributed by atoms with Gasteiger partial charge in [-0.3, -0.25) is 0 Å². The number of aliphatic hydroxyl groups excluding tert-OH is 1. The molecule has 1 nitrogen and oxygen atoms in total. The standard InChI is InChI=1S/C8H8OSe.ClH/c1-6-4-2-3-5-7(6)8(9)10;/h2-5H,1H3,(H,9,10);1H. The van der Waals surface area contributed by atoms with Crippen LogP contribution in [0.25, 0.3) is 0 Å². The molecule has 0 atom stereocenters. The van der Waals surface area contributed by atoms with Crippen molar-refractivity contribution in [3.63, 3.8) is 0 Å². The van der Waals surface area contributed by atoms with Crippen molar-refractivity contribution < 1.29 is 5.11 Å². The molecule has 1 aromatic rings. The molecule has 0 aliphatic carbocycles. The molecule has 0 aliphatic rings. The summed E-state index contributed by atoms with van der Waals surface area (Å²) in [5.41, 5.74) is 1.96. The van der Waals surface area contributed by atoms with E-state index in [2.05, 4.69) is 15.6 Å². The average Bonchev–Trinajstić information content (AvgIpc) is 1.88. The van der Waals surface area contributed by atoms with Crippen LogP contribution in [-0.2, 0) is 0 Å². The minimum atomic E-state index is 0. The molecule has 1 aromatic carbocycles. The van der Waals surface area contributed by atoms with Crippen molar-refractivity contribution >= 4 is 32.6 Å². The Morgan fingerprint density at radius 2 is 1.91 bits per heavy atom. The van der Waals surface area contributed by atoms with Crippen molar-refractivity contribution in [2.45, 2.75) is 6.92 Å². The molecule has 0 radical (unpaired) electrons. The first-order valence-electron chi connectivity index (χ1n) is 3.01.